The molecule has 1 atom stereocenters. The molecule has 2 heterocycles. The number of nitrogens with one attached hydrogen (secondary N) is 1. The van der Waals surface area contributed by atoms with Gasteiger partial charge in [-0.3, -0.25) is 4.79 Å². The van der Waals surface area contributed by atoms with Crippen LogP contribution in [-0.4, -0.2) is 31.7 Å². The normalized spacial score (nSPS) is 16.6. The second-order valence-corrected chi connectivity index (χ2v) is 9.31. The number of hydrogen-bond acceptors (Lipinski definition) is 4. The molecule has 1 aliphatic rings. The number of sulfonamides is 1. The van der Waals surface area contributed by atoms with Crippen molar-refractivity contribution in [1.82, 2.24) is 9.62 Å². The van der Waals surface area contributed by atoms with Crippen molar-refractivity contribution in [3.8, 4) is 0 Å². The van der Waals surface area contributed by atoms with E-state index < -0.39 is 10.0 Å². The number of furan rings is 1. The second-order valence-electron chi connectivity index (χ2n) is 7.37. The number of carbonyl (C=O) groups excluding carboxylic acids is 1. The number of carbonyl (C=O) groups is 1. The molecule has 0 unspecified atom stereocenters. The highest BCUT2D eigenvalue weighted by molar-refractivity contribution is 7.89. The van der Waals surface area contributed by atoms with Gasteiger partial charge in [0.05, 0.1) is 10.9 Å². The molecule has 1 N–H and O–H groups in total. The lowest BCUT2D eigenvalue weighted by atomic mass is 10.1. The molecule has 1 aromatic heterocycles. The highest BCUT2D eigenvalue weighted by Crippen LogP contribution is 2.25. The SMILES string of the molecule is C[C@H](NC(=O)c1cccc(S(=O)(=O)N2CCCCC2)c1)c1cc2ccccc2o1. The van der Waals surface area contributed by atoms with Crippen LogP contribution in [0.5, 0.6) is 0 Å². The maximum atomic E-state index is 12.9. The first kappa shape index (κ1) is 19.7. The van der Waals surface area contributed by atoms with Crippen molar-refractivity contribution in [2.75, 3.05) is 13.1 Å². The van der Waals surface area contributed by atoms with Crippen LogP contribution in [0.4, 0.5) is 0 Å². The van der Waals surface area contributed by atoms with Gasteiger partial charge in [0.1, 0.15) is 11.3 Å². The highest BCUT2D eigenvalue weighted by atomic mass is 32.2. The zero-order chi connectivity index (χ0) is 20.4. The Bertz CT molecular complexity index is 1100. The van der Waals surface area contributed by atoms with E-state index in [0.29, 0.717) is 24.4 Å². The number of piperidine rings is 1. The molecule has 3 aromatic rings. The minimum atomic E-state index is -3.58. The predicted molar refractivity (Wildman–Crippen MR) is 111 cm³/mol. The van der Waals surface area contributed by atoms with Gasteiger partial charge < -0.3 is 9.73 Å². The monoisotopic (exact) mass is 412 g/mol. The fraction of sp³-hybridized carbons (Fsp3) is 0.318. The average molecular weight is 413 g/mol. The molecule has 0 spiro atoms. The van der Waals surface area contributed by atoms with Crippen LogP contribution < -0.4 is 5.32 Å². The van der Waals surface area contributed by atoms with Crippen molar-refractivity contribution in [1.29, 1.82) is 0 Å². The molecule has 4 rings (SSSR count). The Morgan fingerprint density at radius 1 is 1.03 bits per heavy atom. The molecular weight excluding hydrogens is 388 g/mol. The first-order valence-corrected chi connectivity index (χ1v) is 11.3. The number of amides is 1. The van der Waals surface area contributed by atoms with Gasteiger partial charge in [0, 0.05) is 24.0 Å². The van der Waals surface area contributed by atoms with Crippen molar-refractivity contribution in [3.63, 3.8) is 0 Å². The lowest BCUT2D eigenvalue weighted by molar-refractivity contribution is 0.0935. The van der Waals surface area contributed by atoms with E-state index >= 15 is 0 Å². The van der Waals surface area contributed by atoms with Gasteiger partial charge in [-0.25, -0.2) is 8.42 Å². The Morgan fingerprint density at radius 3 is 2.55 bits per heavy atom. The van der Waals surface area contributed by atoms with E-state index in [2.05, 4.69) is 5.32 Å². The Hall–Kier alpha value is -2.64. The van der Waals surface area contributed by atoms with E-state index in [1.165, 1.54) is 10.4 Å². The van der Waals surface area contributed by atoms with E-state index in [1.54, 1.807) is 18.2 Å². The van der Waals surface area contributed by atoms with Crippen molar-refractivity contribution < 1.29 is 17.6 Å². The van der Waals surface area contributed by atoms with Crippen LogP contribution in [0.2, 0.25) is 0 Å². The van der Waals surface area contributed by atoms with Crippen LogP contribution in [0.1, 0.15) is 48.3 Å². The Kier molecular flexibility index (Phi) is 5.43. The minimum absolute atomic E-state index is 0.156. The number of hydrogen-bond donors (Lipinski definition) is 1. The summed E-state index contributed by atoms with van der Waals surface area (Å²) in [6, 6.07) is 15.4. The van der Waals surface area contributed by atoms with Crippen LogP contribution in [0, 0.1) is 0 Å². The summed E-state index contributed by atoms with van der Waals surface area (Å²) in [5.41, 5.74) is 1.07. The summed E-state index contributed by atoms with van der Waals surface area (Å²) in [7, 11) is -3.58. The molecule has 6 nitrogen and oxygen atoms in total. The summed E-state index contributed by atoms with van der Waals surface area (Å²) in [6.07, 6.45) is 2.79. The van der Waals surface area contributed by atoms with Crippen molar-refractivity contribution >= 4 is 26.9 Å². The van der Waals surface area contributed by atoms with E-state index in [1.807, 2.05) is 37.3 Å². The maximum Gasteiger partial charge on any atom is 0.251 e. The van der Waals surface area contributed by atoms with Gasteiger partial charge in [-0.05, 0) is 50.1 Å². The molecule has 2 aromatic carbocycles. The highest BCUT2D eigenvalue weighted by Gasteiger charge is 2.26. The molecule has 7 heteroatoms. The zero-order valence-electron chi connectivity index (χ0n) is 16.3. The molecule has 0 radical (unpaired) electrons. The lowest BCUT2D eigenvalue weighted by Crippen LogP contribution is -2.35. The lowest BCUT2D eigenvalue weighted by Gasteiger charge is -2.26. The van der Waals surface area contributed by atoms with E-state index in [4.69, 9.17) is 4.42 Å². The number of rotatable bonds is 5. The second kappa shape index (κ2) is 8.00. The third kappa shape index (κ3) is 4.06. The summed E-state index contributed by atoms with van der Waals surface area (Å²) >= 11 is 0. The van der Waals surface area contributed by atoms with Crippen LogP contribution in [-0.2, 0) is 10.0 Å². The molecule has 0 aliphatic carbocycles. The summed E-state index contributed by atoms with van der Waals surface area (Å²) < 4.78 is 33.1. The maximum absolute atomic E-state index is 12.9. The first-order valence-electron chi connectivity index (χ1n) is 9.85. The van der Waals surface area contributed by atoms with Crippen LogP contribution in [0.25, 0.3) is 11.0 Å². The van der Waals surface area contributed by atoms with Crippen molar-refractivity contribution in [2.45, 2.75) is 37.1 Å². The van der Waals surface area contributed by atoms with Gasteiger partial charge in [-0.2, -0.15) is 4.31 Å². The van der Waals surface area contributed by atoms with Gasteiger partial charge >= 0.3 is 0 Å². The third-order valence-corrected chi connectivity index (χ3v) is 7.16. The summed E-state index contributed by atoms with van der Waals surface area (Å²) in [6.45, 7) is 2.90. The van der Waals surface area contributed by atoms with E-state index in [-0.39, 0.29) is 16.8 Å². The fourth-order valence-corrected chi connectivity index (χ4v) is 5.18. The molecule has 1 saturated heterocycles. The fourth-order valence-electron chi connectivity index (χ4n) is 3.62. The summed E-state index contributed by atoms with van der Waals surface area (Å²) in [5.74, 6) is 0.310. The Labute approximate surface area is 170 Å². The first-order chi connectivity index (χ1) is 13.9. The predicted octanol–water partition coefficient (Wildman–Crippen LogP) is 4.10. The smallest absolute Gasteiger partial charge is 0.251 e. The Morgan fingerprint density at radius 2 is 1.79 bits per heavy atom. The van der Waals surface area contributed by atoms with Crippen LogP contribution in [0.3, 0.4) is 0 Å². The number of benzene rings is 2. The molecule has 0 bridgehead atoms. The number of nitrogens with zero attached hydrogens (tertiary/aromatic N) is 1. The van der Waals surface area contributed by atoms with Crippen molar-refractivity contribution in [2.24, 2.45) is 0 Å². The molecule has 1 fully saturated rings. The van der Waals surface area contributed by atoms with E-state index in [0.717, 1.165) is 30.2 Å². The molecule has 1 amide bonds. The molecule has 152 valence electrons. The topological polar surface area (TPSA) is 79.6 Å². The standard InChI is InChI=1S/C22H24N2O4S/c1-16(21-15-17-8-3-4-11-20(17)28-21)23-22(25)18-9-7-10-19(14-18)29(26,27)24-12-5-2-6-13-24/h3-4,7-11,14-16H,2,5-6,12-13H2,1H3,(H,23,25)/t16-/m0/s1. The molecular formula is C22H24N2O4S. The van der Waals surface area contributed by atoms with Gasteiger partial charge in [0.15, 0.2) is 0 Å². The average Bonchev–Trinajstić information content (AvgIpc) is 3.19. The van der Waals surface area contributed by atoms with Crippen molar-refractivity contribution in [3.05, 3.63) is 65.9 Å². The zero-order valence-corrected chi connectivity index (χ0v) is 17.1. The quantitative estimate of drug-likeness (QED) is 0.684. The largest absolute Gasteiger partial charge is 0.459 e. The van der Waals surface area contributed by atoms with Gasteiger partial charge in [-0.15, -0.1) is 0 Å². The summed E-state index contributed by atoms with van der Waals surface area (Å²) in [4.78, 5) is 12.9. The molecule has 0 saturated carbocycles. The third-order valence-electron chi connectivity index (χ3n) is 5.27. The molecule has 1 aliphatic heterocycles. The number of fused-ring (bicyclic) bond motifs is 1. The molecule has 29 heavy (non-hydrogen) atoms. The number of para-hydroxylation sites is 1. The van der Waals surface area contributed by atoms with Crippen LogP contribution >= 0.6 is 0 Å². The van der Waals surface area contributed by atoms with Gasteiger partial charge in [0.2, 0.25) is 10.0 Å². The van der Waals surface area contributed by atoms with Gasteiger partial charge in [-0.1, -0.05) is 30.7 Å². The Balaban J connectivity index is 1.52. The van der Waals surface area contributed by atoms with E-state index in [9.17, 15) is 13.2 Å². The van der Waals surface area contributed by atoms with Crippen LogP contribution in [0.15, 0.2) is 63.9 Å². The minimum Gasteiger partial charge on any atom is -0.459 e. The van der Waals surface area contributed by atoms with Gasteiger partial charge in [0.25, 0.3) is 5.91 Å². The summed E-state index contributed by atoms with van der Waals surface area (Å²) in [5, 5.41) is 3.86.